The number of aromatic amines is 1. The highest BCUT2D eigenvalue weighted by molar-refractivity contribution is 5.89. The van der Waals surface area contributed by atoms with E-state index in [1.165, 1.54) is 10.9 Å². The summed E-state index contributed by atoms with van der Waals surface area (Å²) in [5.74, 6) is -2.12. The molecule has 5 heterocycles. The van der Waals surface area contributed by atoms with Crippen molar-refractivity contribution in [1.29, 1.82) is 5.26 Å². The van der Waals surface area contributed by atoms with E-state index in [0.29, 0.717) is 18.8 Å². The first kappa shape index (κ1) is 26.3. The Bertz CT molecular complexity index is 1540. The van der Waals surface area contributed by atoms with Gasteiger partial charge in [0.25, 0.3) is 5.56 Å². The predicted octanol–water partition coefficient (Wildman–Crippen LogP) is 2.53. The summed E-state index contributed by atoms with van der Waals surface area (Å²) < 4.78 is 35.1. The Labute approximate surface area is 213 Å². The minimum absolute atomic E-state index is 0.0973. The maximum atomic E-state index is 12.4. The van der Waals surface area contributed by atoms with E-state index in [-0.39, 0.29) is 17.5 Å². The number of aryl methyl sites for hydroxylation is 1. The lowest BCUT2D eigenvalue weighted by molar-refractivity contribution is -0.192. The minimum atomic E-state index is -5.08. The van der Waals surface area contributed by atoms with Crippen LogP contribution in [0.1, 0.15) is 18.9 Å². The van der Waals surface area contributed by atoms with Gasteiger partial charge < -0.3 is 19.6 Å². The number of nitrogens with zero attached hydrogens (tertiary/aromatic N) is 8. The number of carboxylic acid groups (broad SMARTS) is 1. The normalized spacial score (nSPS) is 16.1. The van der Waals surface area contributed by atoms with Crippen molar-refractivity contribution in [1.82, 2.24) is 34.3 Å². The highest BCUT2D eigenvalue weighted by Gasteiger charge is 2.38. The third-order valence-electron chi connectivity index (χ3n) is 6.18. The Morgan fingerprint density at radius 3 is 2.82 bits per heavy atom. The number of alkyl halides is 3. The molecule has 1 saturated heterocycles. The summed E-state index contributed by atoms with van der Waals surface area (Å²) in [5.41, 5.74) is 2.34. The minimum Gasteiger partial charge on any atom is -0.475 e. The van der Waals surface area contributed by atoms with Crippen LogP contribution in [0.2, 0.25) is 0 Å². The van der Waals surface area contributed by atoms with Gasteiger partial charge in [0, 0.05) is 61.8 Å². The van der Waals surface area contributed by atoms with Gasteiger partial charge in [-0.25, -0.2) is 19.7 Å². The Morgan fingerprint density at radius 1 is 1.34 bits per heavy atom. The number of carboxylic acids is 1. The molecule has 0 bridgehead atoms. The van der Waals surface area contributed by atoms with E-state index in [4.69, 9.17) is 9.90 Å². The van der Waals surface area contributed by atoms with E-state index < -0.39 is 12.1 Å². The molecule has 2 unspecified atom stereocenters. The molecule has 2 atom stereocenters. The Kier molecular flexibility index (Phi) is 7.42. The highest BCUT2D eigenvalue weighted by atomic mass is 19.4. The number of fused-ring (bicyclic) bond motifs is 1. The second-order valence-electron chi connectivity index (χ2n) is 8.57. The van der Waals surface area contributed by atoms with Gasteiger partial charge in [0.2, 0.25) is 0 Å². The number of nitriles is 1. The van der Waals surface area contributed by atoms with Gasteiger partial charge in [-0.1, -0.05) is 0 Å². The number of halogens is 3. The van der Waals surface area contributed by atoms with Crippen LogP contribution in [-0.4, -0.2) is 64.6 Å². The van der Waals surface area contributed by atoms with Crippen LogP contribution in [0.15, 0.2) is 48.2 Å². The molecule has 38 heavy (non-hydrogen) atoms. The van der Waals surface area contributed by atoms with E-state index in [2.05, 4.69) is 31.1 Å². The zero-order chi connectivity index (χ0) is 27.4. The third kappa shape index (κ3) is 5.48. The van der Waals surface area contributed by atoms with Crippen molar-refractivity contribution < 1.29 is 23.1 Å². The number of carbonyl (C=O) groups is 1. The van der Waals surface area contributed by atoms with Crippen LogP contribution in [0.3, 0.4) is 0 Å². The maximum Gasteiger partial charge on any atom is 0.490 e. The van der Waals surface area contributed by atoms with Crippen LogP contribution < -0.4 is 10.5 Å². The quantitative estimate of drug-likeness (QED) is 0.396. The Hall–Kier alpha value is -4.74. The van der Waals surface area contributed by atoms with Crippen LogP contribution in [0, 0.1) is 17.2 Å². The molecule has 1 aliphatic rings. The molecular formula is C23H22F3N9O3. The molecule has 15 heteroatoms. The first-order chi connectivity index (χ1) is 18.1. The second-order valence-corrected chi connectivity index (χ2v) is 8.57. The first-order valence-corrected chi connectivity index (χ1v) is 11.4. The van der Waals surface area contributed by atoms with Crippen molar-refractivity contribution in [2.45, 2.75) is 25.1 Å². The average molecular weight is 529 g/mol. The number of aliphatic carboxylic acids is 1. The molecule has 1 aliphatic heterocycles. The van der Waals surface area contributed by atoms with Gasteiger partial charge in [-0.05, 0) is 12.5 Å². The summed E-state index contributed by atoms with van der Waals surface area (Å²) in [6.07, 6.45) is 6.48. The van der Waals surface area contributed by atoms with Crippen LogP contribution >= 0.6 is 0 Å². The Morgan fingerprint density at radius 2 is 2.11 bits per heavy atom. The van der Waals surface area contributed by atoms with Crippen molar-refractivity contribution in [3.63, 3.8) is 0 Å². The predicted molar refractivity (Wildman–Crippen MR) is 128 cm³/mol. The molecule has 4 aromatic heterocycles. The molecule has 0 saturated carbocycles. The van der Waals surface area contributed by atoms with E-state index in [1.807, 2.05) is 28.0 Å². The average Bonchev–Trinajstić information content (AvgIpc) is 3.64. The third-order valence-corrected chi connectivity index (χ3v) is 6.18. The number of nitrogens with one attached hydrogen (secondary N) is 1. The van der Waals surface area contributed by atoms with Gasteiger partial charge in [0.15, 0.2) is 5.82 Å². The second kappa shape index (κ2) is 10.7. The number of hydrogen-bond acceptors (Lipinski definition) is 8. The molecule has 1 fully saturated rings. The van der Waals surface area contributed by atoms with E-state index in [1.54, 1.807) is 25.6 Å². The van der Waals surface area contributed by atoms with Crippen LogP contribution in [0.4, 0.5) is 19.0 Å². The Balaban J connectivity index is 0.000000426. The molecule has 198 valence electrons. The van der Waals surface area contributed by atoms with Crippen molar-refractivity contribution in [2.75, 3.05) is 18.0 Å². The van der Waals surface area contributed by atoms with E-state index in [9.17, 15) is 23.2 Å². The molecule has 0 radical (unpaired) electrons. The molecular weight excluding hydrogens is 507 g/mol. The zero-order valence-electron chi connectivity index (χ0n) is 20.0. The molecule has 0 aliphatic carbocycles. The molecule has 2 N–H and O–H groups in total. The highest BCUT2D eigenvalue weighted by Crippen LogP contribution is 2.33. The lowest BCUT2D eigenvalue weighted by Crippen LogP contribution is -2.32. The summed E-state index contributed by atoms with van der Waals surface area (Å²) in [6.45, 7) is 1.38. The maximum absolute atomic E-state index is 12.4. The van der Waals surface area contributed by atoms with Gasteiger partial charge in [0.1, 0.15) is 12.0 Å². The van der Waals surface area contributed by atoms with Crippen molar-refractivity contribution in [3.8, 4) is 17.3 Å². The SMILES string of the molecule is Cn1ccnc(N2CCC(C(CC#N)n3cc(-c4ncnc5[nH]ccc45)cn3)C2)c1=O.O=C(O)C(F)(F)F. The van der Waals surface area contributed by atoms with Gasteiger partial charge in [0.05, 0.1) is 30.4 Å². The van der Waals surface area contributed by atoms with Crippen molar-refractivity contribution in [3.05, 3.63) is 53.7 Å². The molecule has 5 rings (SSSR count). The monoisotopic (exact) mass is 529 g/mol. The number of hydrogen-bond donors (Lipinski definition) is 2. The standard InChI is InChI=1S/C21H21N9O.C2HF3O2/c1-28-9-7-24-20(21(28)31)29-8-4-14(11-29)17(2-5-22)30-12-15(10-27-30)18-16-3-6-23-19(16)26-13-25-18;3-2(4,5)1(6)7/h3,6-7,9-10,12-14,17H,2,4,8,11H2,1H3,(H,23,25,26);(H,6,7). The lowest BCUT2D eigenvalue weighted by Gasteiger charge is -2.22. The number of aromatic nitrogens is 7. The fourth-order valence-corrected chi connectivity index (χ4v) is 4.31. The largest absolute Gasteiger partial charge is 0.490 e. The van der Waals surface area contributed by atoms with E-state index in [0.717, 1.165) is 35.3 Å². The smallest absolute Gasteiger partial charge is 0.475 e. The fourth-order valence-electron chi connectivity index (χ4n) is 4.31. The molecule has 0 aromatic carbocycles. The summed E-state index contributed by atoms with van der Waals surface area (Å²) in [7, 11) is 1.72. The van der Waals surface area contributed by atoms with Gasteiger partial charge in [-0.3, -0.25) is 9.48 Å². The number of anilines is 1. The zero-order valence-corrected chi connectivity index (χ0v) is 20.0. The number of rotatable bonds is 5. The summed E-state index contributed by atoms with van der Waals surface area (Å²) >= 11 is 0. The first-order valence-electron chi connectivity index (χ1n) is 11.4. The molecule has 12 nitrogen and oxygen atoms in total. The lowest BCUT2D eigenvalue weighted by atomic mass is 9.96. The van der Waals surface area contributed by atoms with Crippen molar-refractivity contribution in [2.24, 2.45) is 13.0 Å². The summed E-state index contributed by atoms with van der Waals surface area (Å²) in [5, 5.41) is 22.1. The number of H-pyrrole nitrogens is 1. The summed E-state index contributed by atoms with van der Waals surface area (Å²) in [4.78, 5) is 39.4. The van der Waals surface area contributed by atoms with Crippen LogP contribution in [0.25, 0.3) is 22.3 Å². The van der Waals surface area contributed by atoms with Crippen molar-refractivity contribution >= 4 is 22.8 Å². The van der Waals surface area contributed by atoms with E-state index >= 15 is 0 Å². The topological polar surface area (TPSA) is 159 Å². The van der Waals surface area contributed by atoms with Crippen LogP contribution in [-0.2, 0) is 11.8 Å². The molecule has 4 aromatic rings. The summed E-state index contributed by atoms with van der Waals surface area (Å²) in [6, 6.07) is 4.15. The molecule has 0 amide bonds. The van der Waals surface area contributed by atoms with Gasteiger partial charge in [-0.2, -0.15) is 23.5 Å². The van der Waals surface area contributed by atoms with Crippen LogP contribution in [0.5, 0.6) is 0 Å². The van der Waals surface area contributed by atoms with Gasteiger partial charge >= 0.3 is 12.1 Å². The van der Waals surface area contributed by atoms with Gasteiger partial charge in [-0.15, -0.1) is 0 Å². The molecule has 0 spiro atoms. The fraction of sp³-hybridized carbons (Fsp3) is 0.348.